The van der Waals surface area contributed by atoms with Gasteiger partial charge in [0.05, 0.1) is 6.04 Å². The van der Waals surface area contributed by atoms with Crippen molar-refractivity contribution in [2.24, 2.45) is 5.73 Å². The normalized spacial score (nSPS) is 20.1. The monoisotopic (exact) mass is 297 g/mol. The Morgan fingerprint density at radius 2 is 1.95 bits per heavy atom. The summed E-state index contributed by atoms with van der Waals surface area (Å²) in [6, 6.07) is -0.235. The maximum atomic E-state index is 6.10. The molecule has 120 valence electrons. The van der Waals surface area contributed by atoms with E-state index >= 15 is 0 Å². The zero-order valence-corrected chi connectivity index (χ0v) is 13.1. The van der Waals surface area contributed by atoms with Gasteiger partial charge in [0, 0.05) is 20.8 Å². The van der Waals surface area contributed by atoms with E-state index in [1.165, 1.54) is 12.8 Å². The maximum Gasteiger partial charge on any atom is 0.243 e. The molecule has 2 N–H and O–H groups in total. The molecule has 1 aromatic rings. The SMILES string of the molecule is COCCCC(N)c1nc(C2(OC)CCCCCC2)no1. The summed E-state index contributed by atoms with van der Waals surface area (Å²) >= 11 is 0. The van der Waals surface area contributed by atoms with E-state index in [9.17, 15) is 0 Å². The first kappa shape index (κ1) is 16.4. The summed E-state index contributed by atoms with van der Waals surface area (Å²) in [7, 11) is 3.42. The van der Waals surface area contributed by atoms with Crippen molar-refractivity contribution in [3.05, 3.63) is 11.7 Å². The number of nitrogens with zero attached hydrogens (tertiary/aromatic N) is 2. The van der Waals surface area contributed by atoms with Crippen LogP contribution in [0.15, 0.2) is 4.52 Å². The molecule has 1 aromatic heterocycles. The minimum Gasteiger partial charge on any atom is -0.385 e. The molecule has 0 aromatic carbocycles. The van der Waals surface area contributed by atoms with Crippen LogP contribution in [0, 0.1) is 0 Å². The van der Waals surface area contributed by atoms with Crippen LogP contribution in [0.25, 0.3) is 0 Å². The largest absolute Gasteiger partial charge is 0.385 e. The predicted octanol–water partition coefficient (Wildman–Crippen LogP) is 2.69. The van der Waals surface area contributed by atoms with Gasteiger partial charge < -0.3 is 19.7 Å². The third-order valence-corrected chi connectivity index (χ3v) is 4.33. The summed E-state index contributed by atoms with van der Waals surface area (Å²) in [4.78, 5) is 4.53. The summed E-state index contributed by atoms with van der Waals surface area (Å²) in [5.74, 6) is 1.16. The highest BCUT2D eigenvalue weighted by Gasteiger charge is 2.38. The van der Waals surface area contributed by atoms with Crippen molar-refractivity contribution in [2.45, 2.75) is 63.0 Å². The Morgan fingerprint density at radius 1 is 1.24 bits per heavy atom. The molecular formula is C15H27N3O3. The van der Waals surface area contributed by atoms with Crippen LogP contribution in [0.2, 0.25) is 0 Å². The van der Waals surface area contributed by atoms with Crippen molar-refractivity contribution in [3.8, 4) is 0 Å². The third-order valence-electron chi connectivity index (χ3n) is 4.33. The highest BCUT2D eigenvalue weighted by molar-refractivity contribution is 5.04. The second kappa shape index (κ2) is 7.87. The molecular weight excluding hydrogens is 270 g/mol. The van der Waals surface area contributed by atoms with Crippen molar-refractivity contribution >= 4 is 0 Å². The van der Waals surface area contributed by atoms with Gasteiger partial charge in [-0.1, -0.05) is 30.8 Å². The molecule has 21 heavy (non-hydrogen) atoms. The van der Waals surface area contributed by atoms with Crippen molar-refractivity contribution in [3.63, 3.8) is 0 Å². The lowest BCUT2D eigenvalue weighted by Crippen LogP contribution is -2.29. The number of hydrogen-bond acceptors (Lipinski definition) is 6. The van der Waals surface area contributed by atoms with Gasteiger partial charge in [-0.05, 0) is 25.7 Å². The Morgan fingerprint density at radius 3 is 2.57 bits per heavy atom. The number of hydrogen-bond donors (Lipinski definition) is 1. The molecule has 0 aliphatic heterocycles. The molecule has 1 fully saturated rings. The zero-order valence-electron chi connectivity index (χ0n) is 13.1. The zero-order chi connectivity index (χ0) is 15.1. The number of aromatic nitrogens is 2. The van der Waals surface area contributed by atoms with E-state index in [2.05, 4.69) is 10.1 Å². The molecule has 0 saturated heterocycles. The van der Waals surface area contributed by atoms with Crippen LogP contribution in [0.1, 0.15) is 69.1 Å². The number of methoxy groups -OCH3 is 2. The molecule has 1 unspecified atom stereocenters. The summed E-state index contributed by atoms with van der Waals surface area (Å²) in [6.45, 7) is 0.691. The van der Waals surface area contributed by atoms with E-state index in [1.807, 2.05) is 0 Å². The summed E-state index contributed by atoms with van der Waals surface area (Å²) in [5, 5.41) is 4.15. The fraction of sp³-hybridized carbons (Fsp3) is 0.867. The van der Waals surface area contributed by atoms with Gasteiger partial charge in [0.25, 0.3) is 0 Å². The molecule has 0 amide bonds. The van der Waals surface area contributed by atoms with Gasteiger partial charge >= 0.3 is 0 Å². The minimum atomic E-state index is -0.398. The molecule has 0 spiro atoms. The first-order chi connectivity index (χ1) is 10.2. The summed E-state index contributed by atoms with van der Waals surface area (Å²) in [5.41, 5.74) is 5.70. The first-order valence-electron chi connectivity index (χ1n) is 7.85. The summed E-state index contributed by atoms with van der Waals surface area (Å²) in [6.07, 6.45) is 8.30. The lowest BCUT2D eigenvalue weighted by Gasteiger charge is -2.27. The van der Waals surface area contributed by atoms with Crippen LogP contribution < -0.4 is 5.73 Å². The fourth-order valence-electron chi connectivity index (χ4n) is 2.96. The average molecular weight is 297 g/mol. The minimum absolute atomic E-state index is 0.235. The predicted molar refractivity (Wildman–Crippen MR) is 78.7 cm³/mol. The second-order valence-electron chi connectivity index (χ2n) is 5.81. The van der Waals surface area contributed by atoms with Gasteiger partial charge in [-0.15, -0.1) is 0 Å². The Bertz CT molecular complexity index is 414. The van der Waals surface area contributed by atoms with E-state index in [4.69, 9.17) is 19.7 Å². The van der Waals surface area contributed by atoms with E-state index < -0.39 is 5.60 Å². The van der Waals surface area contributed by atoms with Gasteiger partial charge in [-0.3, -0.25) is 0 Å². The topological polar surface area (TPSA) is 83.4 Å². The molecule has 2 rings (SSSR count). The molecule has 0 radical (unpaired) electrons. The molecule has 1 aliphatic rings. The molecule has 1 saturated carbocycles. The standard InChI is InChI=1S/C15H27N3O3/c1-19-11-7-8-12(16)13-17-14(18-21-13)15(20-2)9-5-3-4-6-10-15/h12H,3-11,16H2,1-2H3. The fourth-order valence-corrected chi connectivity index (χ4v) is 2.96. The van der Waals surface area contributed by atoms with Crippen molar-refractivity contribution < 1.29 is 14.0 Å². The van der Waals surface area contributed by atoms with E-state index in [-0.39, 0.29) is 6.04 Å². The van der Waals surface area contributed by atoms with E-state index in [1.54, 1.807) is 14.2 Å². The first-order valence-corrected chi connectivity index (χ1v) is 7.85. The Labute approximate surface area is 126 Å². The highest BCUT2D eigenvalue weighted by Crippen LogP contribution is 2.37. The lowest BCUT2D eigenvalue weighted by molar-refractivity contribution is -0.0365. The van der Waals surface area contributed by atoms with E-state index in [0.717, 1.165) is 38.5 Å². The second-order valence-corrected chi connectivity index (χ2v) is 5.81. The van der Waals surface area contributed by atoms with Crippen LogP contribution in [0.3, 0.4) is 0 Å². The Kier molecular flexibility index (Phi) is 6.14. The molecule has 1 atom stereocenters. The van der Waals surface area contributed by atoms with Crippen molar-refractivity contribution in [2.75, 3.05) is 20.8 Å². The van der Waals surface area contributed by atoms with Gasteiger partial charge in [0.15, 0.2) is 0 Å². The Hall–Kier alpha value is -0.980. The quantitative estimate of drug-likeness (QED) is 0.615. The smallest absolute Gasteiger partial charge is 0.243 e. The number of nitrogens with two attached hydrogens (primary N) is 1. The van der Waals surface area contributed by atoms with Gasteiger partial charge in [-0.25, -0.2) is 0 Å². The number of rotatable bonds is 7. The van der Waals surface area contributed by atoms with Crippen molar-refractivity contribution in [1.29, 1.82) is 0 Å². The van der Waals surface area contributed by atoms with Crippen LogP contribution in [-0.2, 0) is 15.1 Å². The average Bonchev–Trinajstić information content (AvgIpc) is 2.87. The van der Waals surface area contributed by atoms with Gasteiger partial charge in [0.1, 0.15) is 5.60 Å². The third kappa shape index (κ3) is 4.02. The van der Waals surface area contributed by atoms with Crippen LogP contribution >= 0.6 is 0 Å². The van der Waals surface area contributed by atoms with Crippen molar-refractivity contribution in [1.82, 2.24) is 10.1 Å². The molecule has 1 aliphatic carbocycles. The molecule has 6 heteroatoms. The molecule has 1 heterocycles. The Balaban J connectivity index is 2.06. The number of ether oxygens (including phenoxy) is 2. The maximum absolute atomic E-state index is 6.10. The molecule has 6 nitrogen and oxygen atoms in total. The van der Waals surface area contributed by atoms with Gasteiger partial charge in [0.2, 0.25) is 11.7 Å². The van der Waals surface area contributed by atoms with Crippen LogP contribution in [0.4, 0.5) is 0 Å². The lowest BCUT2D eigenvalue weighted by atomic mass is 9.93. The van der Waals surface area contributed by atoms with E-state index in [0.29, 0.717) is 18.3 Å². The molecule has 0 bridgehead atoms. The van der Waals surface area contributed by atoms with Gasteiger partial charge in [-0.2, -0.15) is 4.98 Å². The highest BCUT2D eigenvalue weighted by atomic mass is 16.5. The van der Waals surface area contributed by atoms with Crippen LogP contribution in [-0.4, -0.2) is 31.0 Å². The summed E-state index contributed by atoms with van der Waals surface area (Å²) < 4.78 is 16.2. The van der Waals surface area contributed by atoms with Crippen LogP contribution in [0.5, 0.6) is 0 Å².